The molecule has 2 amide bonds. The molecule has 0 aliphatic heterocycles. The van der Waals surface area contributed by atoms with Crippen molar-refractivity contribution in [1.82, 2.24) is 30.8 Å². The van der Waals surface area contributed by atoms with Gasteiger partial charge in [-0.15, -0.1) is 5.10 Å². The minimum absolute atomic E-state index is 0. The first-order chi connectivity index (χ1) is 18.1. The van der Waals surface area contributed by atoms with Crippen LogP contribution >= 0.6 is 0 Å². The Morgan fingerprint density at radius 2 is 1.74 bits per heavy atom. The number of benzene rings is 2. The number of carbonyl (C=O) groups excluding carboxylic acids is 1. The highest BCUT2D eigenvalue weighted by atomic mass is 16.5. The number of tetrazole rings is 1. The molecule has 0 radical (unpaired) electrons. The second kappa shape index (κ2) is 15.7. The Morgan fingerprint density at radius 3 is 2.39 bits per heavy atom. The van der Waals surface area contributed by atoms with Gasteiger partial charge in [0.25, 0.3) is 0 Å². The van der Waals surface area contributed by atoms with Gasteiger partial charge in [0.1, 0.15) is 12.4 Å². The predicted octanol–water partition coefficient (Wildman–Crippen LogP) is 3.88. The Hall–Kier alpha value is -3.50. The molecule has 0 aliphatic carbocycles. The molecule has 0 spiro atoms. The highest BCUT2D eigenvalue weighted by molar-refractivity contribution is 5.73. The van der Waals surface area contributed by atoms with Crippen LogP contribution in [0.1, 0.15) is 57.5 Å². The van der Waals surface area contributed by atoms with E-state index < -0.39 is 0 Å². The number of nitrogens with one attached hydrogen (secondary N) is 2. The molecule has 1 unspecified atom stereocenters. The molecule has 38 heavy (non-hydrogen) atoms. The van der Waals surface area contributed by atoms with E-state index in [1.54, 1.807) is 11.7 Å². The number of para-hydroxylation sites is 1. The third-order valence-corrected chi connectivity index (χ3v) is 6.17. The first-order valence-electron chi connectivity index (χ1n) is 12.9. The van der Waals surface area contributed by atoms with Crippen LogP contribution in [0.4, 0.5) is 4.79 Å². The molecule has 1 atom stereocenters. The fraction of sp³-hybridized carbons (Fsp3) is 0.500. The Kier molecular flexibility index (Phi) is 12.7. The van der Waals surface area contributed by atoms with Crippen LogP contribution < -0.4 is 21.1 Å². The summed E-state index contributed by atoms with van der Waals surface area (Å²) in [6.45, 7) is 12.7. The number of aromatic nitrogens is 4. The largest absolute Gasteiger partial charge is 0.491 e. The number of carbonyl (C=O) groups is 1. The van der Waals surface area contributed by atoms with Gasteiger partial charge in [-0.3, -0.25) is 0 Å². The normalized spacial score (nSPS) is 11.9. The van der Waals surface area contributed by atoms with Gasteiger partial charge in [0, 0.05) is 30.6 Å². The van der Waals surface area contributed by atoms with Gasteiger partial charge in [0.05, 0.1) is 19.8 Å². The summed E-state index contributed by atoms with van der Waals surface area (Å²) in [5.74, 6) is 2.09. The summed E-state index contributed by atoms with van der Waals surface area (Å²) in [5.41, 5.74) is 7.70. The van der Waals surface area contributed by atoms with Crippen molar-refractivity contribution in [3.8, 4) is 5.75 Å². The van der Waals surface area contributed by atoms with Crippen molar-refractivity contribution < 1.29 is 14.3 Å². The average molecular weight is 526 g/mol. The second-order valence-electron chi connectivity index (χ2n) is 10.0. The molecule has 4 N–H and O–H groups in total. The molecule has 208 valence electrons. The van der Waals surface area contributed by atoms with E-state index >= 15 is 0 Å². The van der Waals surface area contributed by atoms with Crippen LogP contribution in [0.3, 0.4) is 0 Å². The molecule has 0 saturated carbocycles. The maximum atomic E-state index is 11.4. The van der Waals surface area contributed by atoms with Gasteiger partial charge in [0.2, 0.25) is 0 Å². The van der Waals surface area contributed by atoms with Crippen molar-refractivity contribution in [3.63, 3.8) is 0 Å². The quantitative estimate of drug-likeness (QED) is 0.327. The minimum Gasteiger partial charge on any atom is -0.491 e. The summed E-state index contributed by atoms with van der Waals surface area (Å²) in [6.07, 6.45) is 0. The van der Waals surface area contributed by atoms with Gasteiger partial charge in [-0.2, -0.15) is 0 Å². The lowest BCUT2D eigenvalue weighted by atomic mass is 9.92. The number of amides is 2. The molecule has 3 rings (SSSR count). The molecule has 3 aromatic rings. The third-order valence-electron chi connectivity index (χ3n) is 6.17. The van der Waals surface area contributed by atoms with Crippen molar-refractivity contribution in [1.29, 1.82) is 0 Å². The predicted molar refractivity (Wildman–Crippen MR) is 149 cm³/mol. The maximum Gasteiger partial charge on any atom is 0.314 e. The molecule has 2 aromatic carbocycles. The number of urea groups is 1. The van der Waals surface area contributed by atoms with Crippen LogP contribution in [0.25, 0.3) is 0 Å². The zero-order valence-electron chi connectivity index (χ0n) is 23.5. The Bertz CT molecular complexity index is 1080. The molecule has 0 aliphatic rings. The van der Waals surface area contributed by atoms with Crippen LogP contribution in [-0.4, -0.2) is 52.0 Å². The molecule has 0 saturated heterocycles. The highest BCUT2D eigenvalue weighted by Gasteiger charge is 2.16. The zero-order chi connectivity index (χ0) is 28.0. The second-order valence-corrected chi connectivity index (χ2v) is 10.0. The first kappa shape index (κ1) is 30.7. The van der Waals surface area contributed by atoms with E-state index in [1.807, 2.05) is 75.4 Å². The number of nitrogens with two attached hydrogens (primary N) is 1. The van der Waals surface area contributed by atoms with Crippen molar-refractivity contribution in [3.05, 3.63) is 71.5 Å². The Labute approximate surface area is 226 Å². The molecule has 0 bridgehead atoms. The van der Waals surface area contributed by atoms with E-state index in [0.717, 1.165) is 17.0 Å². The molecular weight excluding hydrogens is 482 g/mol. The first-order valence-corrected chi connectivity index (χ1v) is 12.9. The minimum atomic E-state index is -0.239. The number of rotatable bonds is 12. The van der Waals surface area contributed by atoms with Gasteiger partial charge < -0.3 is 25.8 Å². The van der Waals surface area contributed by atoms with Gasteiger partial charge in [-0.1, -0.05) is 69.3 Å². The summed E-state index contributed by atoms with van der Waals surface area (Å²) in [7, 11) is 1.58. The molecule has 0 fully saturated rings. The number of nitrogens with zero attached hydrogens (tertiary/aromatic N) is 4. The standard InChI is InChI=1S/C22H28N6O3.C6H15N/c1-17(15-30-16-18-8-4-3-5-9-18)21-25-26-27-28(21)12-13-31-20-11-7-6-10-19(20)14-24-22(29)23-2;1-5(2)6(3,4)7/h3-11,17H,12-16H2,1-2H3,(H2,23,24,29);5H,7H2,1-4H3. The summed E-state index contributed by atoms with van der Waals surface area (Å²) in [4.78, 5) is 11.4. The Morgan fingerprint density at radius 1 is 1.08 bits per heavy atom. The van der Waals surface area contributed by atoms with Gasteiger partial charge >= 0.3 is 6.03 Å². The maximum absolute atomic E-state index is 11.4. The molecule has 1 heterocycles. The van der Waals surface area contributed by atoms with E-state index in [0.29, 0.717) is 44.6 Å². The van der Waals surface area contributed by atoms with E-state index in [4.69, 9.17) is 15.2 Å². The topological polar surface area (TPSA) is 129 Å². The molecule has 1 aromatic heterocycles. The average Bonchev–Trinajstić information content (AvgIpc) is 3.37. The van der Waals surface area contributed by atoms with Crippen LogP contribution in [0.5, 0.6) is 5.75 Å². The van der Waals surface area contributed by atoms with Crippen molar-refractivity contribution in [2.75, 3.05) is 20.3 Å². The fourth-order valence-electron chi connectivity index (χ4n) is 3.02. The molecule has 10 nitrogen and oxygen atoms in total. The van der Waals surface area contributed by atoms with Crippen LogP contribution in [0.15, 0.2) is 54.6 Å². The SMILES string of the molecule is CC(C)C(C)(C)N.CNC(=O)NCc1ccccc1OCCn1nnnc1C(C)COCc1ccccc1. The van der Waals surface area contributed by atoms with Crippen LogP contribution in [-0.2, 0) is 24.4 Å². The van der Waals surface area contributed by atoms with Crippen molar-refractivity contribution in [2.24, 2.45) is 11.7 Å². The smallest absolute Gasteiger partial charge is 0.314 e. The zero-order valence-corrected chi connectivity index (χ0v) is 23.5. The summed E-state index contributed by atoms with van der Waals surface area (Å²) >= 11 is 0. The van der Waals surface area contributed by atoms with E-state index in [-0.39, 0.29) is 17.5 Å². The van der Waals surface area contributed by atoms with E-state index in [1.165, 1.54) is 0 Å². The summed E-state index contributed by atoms with van der Waals surface area (Å²) in [5, 5.41) is 17.3. The van der Waals surface area contributed by atoms with Crippen LogP contribution in [0, 0.1) is 5.92 Å². The van der Waals surface area contributed by atoms with Gasteiger partial charge in [-0.25, -0.2) is 9.48 Å². The van der Waals surface area contributed by atoms with Crippen molar-refractivity contribution in [2.45, 2.75) is 65.8 Å². The van der Waals surface area contributed by atoms with E-state index in [9.17, 15) is 4.79 Å². The lowest BCUT2D eigenvalue weighted by molar-refractivity contribution is 0.107. The summed E-state index contributed by atoms with van der Waals surface area (Å²) < 4.78 is 13.5. The number of hydrogen-bond acceptors (Lipinski definition) is 7. The highest BCUT2D eigenvalue weighted by Crippen LogP contribution is 2.18. The molecular formula is C28H43N7O3. The lowest BCUT2D eigenvalue weighted by Gasteiger charge is -2.22. The number of hydrogen-bond donors (Lipinski definition) is 3. The summed E-state index contributed by atoms with van der Waals surface area (Å²) in [6, 6.07) is 17.4. The van der Waals surface area contributed by atoms with Crippen LogP contribution in [0.2, 0.25) is 0 Å². The third kappa shape index (κ3) is 10.9. The van der Waals surface area contributed by atoms with Crippen molar-refractivity contribution >= 4 is 6.03 Å². The monoisotopic (exact) mass is 525 g/mol. The lowest BCUT2D eigenvalue weighted by Crippen LogP contribution is -2.37. The van der Waals surface area contributed by atoms with Gasteiger partial charge in [0.15, 0.2) is 5.82 Å². The van der Waals surface area contributed by atoms with Gasteiger partial charge in [-0.05, 0) is 41.8 Å². The Balaban J connectivity index is 0.000000638. The number of ether oxygens (including phenoxy) is 2. The molecule has 10 heteroatoms. The fourth-order valence-corrected chi connectivity index (χ4v) is 3.02. The van der Waals surface area contributed by atoms with E-state index in [2.05, 4.69) is 40.0 Å².